The first kappa shape index (κ1) is 13.7. The second-order valence-corrected chi connectivity index (χ2v) is 4.15. The summed E-state index contributed by atoms with van der Waals surface area (Å²) in [6, 6.07) is 11.0. The molecule has 0 unspecified atom stereocenters. The van der Waals surface area contributed by atoms with Crippen molar-refractivity contribution in [3.8, 4) is 5.75 Å². The maximum atomic E-state index is 8.62. The molecule has 104 valence electrons. The van der Waals surface area contributed by atoms with E-state index in [1.807, 2.05) is 36.2 Å². The van der Waals surface area contributed by atoms with Crippen LogP contribution in [-0.4, -0.2) is 30.2 Å². The number of pyridine rings is 1. The number of hydrogen-bond acceptors (Lipinski definition) is 5. The van der Waals surface area contributed by atoms with Crippen LogP contribution in [0.1, 0.15) is 5.56 Å². The molecule has 0 fully saturated rings. The van der Waals surface area contributed by atoms with Crippen molar-refractivity contribution in [3.63, 3.8) is 0 Å². The van der Waals surface area contributed by atoms with Crippen molar-refractivity contribution in [2.24, 2.45) is 10.9 Å². The van der Waals surface area contributed by atoms with E-state index < -0.39 is 0 Å². The summed E-state index contributed by atoms with van der Waals surface area (Å²) in [5.41, 5.74) is 7.13. The summed E-state index contributed by atoms with van der Waals surface area (Å²) in [6.45, 7) is 0. The predicted octanol–water partition coefficient (Wildman–Crippen LogP) is 1.95. The second-order valence-electron chi connectivity index (χ2n) is 4.15. The van der Waals surface area contributed by atoms with Gasteiger partial charge in [0.05, 0.1) is 13.3 Å². The Morgan fingerprint density at radius 2 is 1.95 bits per heavy atom. The molecule has 0 aliphatic heterocycles. The minimum atomic E-state index is 0.0850. The van der Waals surface area contributed by atoms with Gasteiger partial charge >= 0.3 is 0 Å². The van der Waals surface area contributed by atoms with E-state index in [2.05, 4.69) is 10.1 Å². The molecule has 0 aliphatic rings. The van der Waals surface area contributed by atoms with Gasteiger partial charge in [0.1, 0.15) is 11.6 Å². The fourth-order valence-corrected chi connectivity index (χ4v) is 1.74. The third kappa shape index (κ3) is 2.80. The van der Waals surface area contributed by atoms with Crippen LogP contribution in [0.2, 0.25) is 0 Å². The van der Waals surface area contributed by atoms with Crippen molar-refractivity contribution >= 4 is 17.3 Å². The topological polar surface area (TPSA) is 84.0 Å². The van der Waals surface area contributed by atoms with Crippen molar-refractivity contribution < 1.29 is 9.94 Å². The first-order valence-corrected chi connectivity index (χ1v) is 5.97. The summed E-state index contributed by atoms with van der Waals surface area (Å²) >= 11 is 0. The molecule has 3 N–H and O–H groups in total. The van der Waals surface area contributed by atoms with E-state index in [-0.39, 0.29) is 5.84 Å². The molecule has 0 bridgehead atoms. The van der Waals surface area contributed by atoms with Crippen LogP contribution < -0.4 is 15.4 Å². The Morgan fingerprint density at radius 1 is 1.25 bits per heavy atom. The van der Waals surface area contributed by atoms with Gasteiger partial charge in [-0.25, -0.2) is 4.98 Å². The Kier molecular flexibility index (Phi) is 4.05. The third-order valence-electron chi connectivity index (χ3n) is 2.96. The number of nitrogens with zero attached hydrogens (tertiary/aromatic N) is 3. The van der Waals surface area contributed by atoms with E-state index in [9.17, 15) is 0 Å². The van der Waals surface area contributed by atoms with Gasteiger partial charge in [-0.15, -0.1) is 0 Å². The molecule has 1 aromatic heterocycles. The number of methoxy groups -OCH3 is 1. The van der Waals surface area contributed by atoms with Crippen molar-refractivity contribution in [1.82, 2.24) is 4.98 Å². The minimum Gasteiger partial charge on any atom is -0.495 e. The van der Waals surface area contributed by atoms with Crippen molar-refractivity contribution in [2.45, 2.75) is 0 Å². The Hall–Kier alpha value is -2.76. The highest BCUT2D eigenvalue weighted by atomic mass is 16.5. The van der Waals surface area contributed by atoms with E-state index in [0.717, 1.165) is 11.5 Å². The molecule has 0 aliphatic carbocycles. The average Bonchev–Trinajstić information content (AvgIpc) is 2.53. The lowest BCUT2D eigenvalue weighted by molar-refractivity contribution is 0.318. The maximum absolute atomic E-state index is 8.62. The van der Waals surface area contributed by atoms with Gasteiger partial charge in [0.15, 0.2) is 5.84 Å². The van der Waals surface area contributed by atoms with Crippen LogP contribution in [0.15, 0.2) is 47.8 Å². The zero-order valence-electron chi connectivity index (χ0n) is 11.3. The van der Waals surface area contributed by atoms with Gasteiger partial charge in [-0.05, 0) is 36.4 Å². The van der Waals surface area contributed by atoms with E-state index in [0.29, 0.717) is 11.3 Å². The minimum absolute atomic E-state index is 0.0850. The predicted molar refractivity (Wildman–Crippen MR) is 77.8 cm³/mol. The normalized spacial score (nSPS) is 11.2. The monoisotopic (exact) mass is 272 g/mol. The van der Waals surface area contributed by atoms with Gasteiger partial charge in [-0.2, -0.15) is 0 Å². The molecule has 6 nitrogen and oxygen atoms in total. The number of nitrogens with two attached hydrogens (primary N) is 1. The molecule has 0 amide bonds. The third-order valence-corrected chi connectivity index (χ3v) is 2.96. The van der Waals surface area contributed by atoms with Crippen LogP contribution in [-0.2, 0) is 0 Å². The lowest BCUT2D eigenvalue weighted by atomic mass is 10.2. The Bertz CT molecular complexity index is 594. The van der Waals surface area contributed by atoms with Crippen LogP contribution in [0.25, 0.3) is 0 Å². The number of oxime groups is 1. The van der Waals surface area contributed by atoms with Gasteiger partial charge in [0.2, 0.25) is 0 Å². The first-order valence-electron chi connectivity index (χ1n) is 5.97. The molecule has 1 heterocycles. The van der Waals surface area contributed by atoms with Gasteiger partial charge in [0.25, 0.3) is 0 Å². The second kappa shape index (κ2) is 5.92. The number of rotatable bonds is 4. The van der Waals surface area contributed by atoms with Crippen LogP contribution in [0.3, 0.4) is 0 Å². The van der Waals surface area contributed by atoms with Gasteiger partial charge in [-0.1, -0.05) is 5.16 Å². The highest BCUT2D eigenvalue weighted by Gasteiger charge is 2.06. The molecule has 0 saturated carbocycles. The molecule has 20 heavy (non-hydrogen) atoms. The van der Waals surface area contributed by atoms with Crippen LogP contribution in [0, 0.1) is 0 Å². The molecule has 0 spiro atoms. The quantitative estimate of drug-likeness (QED) is 0.384. The smallest absolute Gasteiger partial charge is 0.170 e. The highest BCUT2D eigenvalue weighted by molar-refractivity contribution is 5.97. The summed E-state index contributed by atoms with van der Waals surface area (Å²) < 4.78 is 5.08. The van der Waals surface area contributed by atoms with E-state index in [1.165, 1.54) is 0 Å². The maximum Gasteiger partial charge on any atom is 0.170 e. The molecular weight excluding hydrogens is 256 g/mol. The van der Waals surface area contributed by atoms with E-state index >= 15 is 0 Å². The van der Waals surface area contributed by atoms with Gasteiger partial charge in [0, 0.05) is 18.3 Å². The fourth-order valence-electron chi connectivity index (χ4n) is 1.74. The number of amidine groups is 1. The van der Waals surface area contributed by atoms with Crippen LogP contribution in [0.5, 0.6) is 5.75 Å². The SMILES string of the molecule is COc1ccc(N(C)c2ccc(/C(N)=N/O)cc2)nc1. The molecule has 6 heteroatoms. The lowest BCUT2D eigenvalue weighted by Crippen LogP contribution is -2.14. The number of hydrogen-bond donors (Lipinski definition) is 2. The summed E-state index contributed by atoms with van der Waals surface area (Å²) in [4.78, 5) is 6.24. The molecule has 1 aromatic carbocycles. The Morgan fingerprint density at radius 3 is 2.45 bits per heavy atom. The van der Waals surface area contributed by atoms with Crippen molar-refractivity contribution in [1.29, 1.82) is 0 Å². The van der Waals surface area contributed by atoms with Crippen molar-refractivity contribution in [2.75, 3.05) is 19.1 Å². The molecule has 2 rings (SSSR count). The zero-order valence-corrected chi connectivity index (χ0v) is 11.3. The standard InChI is InChI=1S/C14H16N4O2/c1-18(13-8-7-12(20-2)9-16-13)11-5-3-10(4-6-11)14(15)17-19/h3-9,19H,1-2H3,(H2,15,17). The number of benzene rings is 1. The molecule has 0 saturated heterocycles. The summed E-state index contributed by atoms with van der Waals surface area (Å²) in [5, 5.41) is 11.6. The molecule has 0 atom stereocenters. The molecule has 2 aromatic rings. The lowest BCUT2D eigenvalue weighted by Gasteiger charge is -2.18. The fraction of sp³-hybridized carbons (Fsp3) is 0.143. The van der Waals surface area contributed by atoms with Gasteiger partial charge in [-0.3, -0.25) is 0 Å². The van der Waals surface area contributed by atoms with Crippen LogP contribution in [0.4, 0.5) is 11.5 Å². The highest BCUT2D eigenvalue weighted by Crippen LogP contribution is 2.23. The van der Waals surface area contributed by atoms with Crippen LogP contribution >= 0.6 is 0 Å². The van der Waals surface area contributed by atoms with Gasteiger partial charge < -0.3 is 20.6 Å². The average molecular weight is 272 g/mol. The first-order chi connectivity index (χ1) is 9.65. The zero-order chi connectivity index (χ0) is 14.5. The summed E-state index contributed by atoms with van der Waals surface area (Å²) in [5.74, 6) is 1.59. The van der Waals surface area contributed by atoms with E-state index in [1.54, 1.807) is 25.4 Å². The molecular formula is C14H16N4O2. The number of ether oxygens (including phenoxy) is 1. The van der Waals surface area contributed by atoms with E-state index in [4.69, 9.17) is 15.7 Å². The molecule has 0 radical (unpaired) electrons. The summed E-state index contributed by atoms with van der Waals surface area (Å²) in [7, 11) is 3.51. The Balaban J connectivity index is 2.21. The number of aromatic nitrogens is 1. The Labute approximate surface area is 117 Å². The summed E-state index contributed by atoms with van der Waals surface area (Å²) in [6.07, 6.45) is 1.66. The largest absolute Gasteiger partial charge is 0.495 e. The van der Waals surface area contributed by atoms with Crippen molar-refractivity contribution in [3.05, 3.63) is 48.2 Å². The number of anilines is 2.